The molecule has 0 saturated carbocycles. The molecule has 0 radical (unpaired) electrons. The maximum absolute atomic E-state index is 12.8. The monoisotopic (exact) mass is 331 g/mol. The molecule has 6 heteroatoms. The Morgan fingerprint density at radius 1 is 1.22 bits per heavy atom. The second kappa shape index (κ2) is 4.71. The van der Waals surface area contributed by atoms with E-state index in [-0.39, 0.29) is 11.7 Å². The molecule has 0 saturated heterocycles. The molecular weight excluding hydrogens is 314 g/mol. The summed E-state index contributed by atoms with van der Waals surface area (Å²) in [7, 11) is -3.74. The van der Waals surface area contributed by atoms with Crippen LogP contribution in [0.15, 0.2) is 47.7 Å². The van der Waals surface area contributed by atoms with Crippen LogP contribution in [0.3, 0.4) is 0 Å². The van der Waals surface area contributed by atoms with Crippen molar-refractivity contribution in [2.45, 2.75) is 24.8 Å². The Hall–Kier alpha value is -2.08. The van der Waals surface area contributed by atoms with E-state index in [1.807, 2.05) is 24.3 Å². The average Bonchev–Trinajstić information content (AvgIpc) is 2.76. The van der Waals surface area contributed by atoms with Crippen LogP contribution < -0.4 is 0 Å². The number of allylic oxidation sites excluding steroid dienone is 1. The molecule has 1 spiro atoms. The van der Waals surface area contributed by atoms with E-state index in [0.717, 1.165) is 23.8 Å². The first-order valence-corrected chi connectivity index (χ1v) is 9.43. The molecule has 1 aromatic rings. The van der Waals surface area contributed by atoms with Crippen molar-refractivity contribution in [2.75, 3.05) is 12.8 Å². The largest absolute Gasteiger partial charge is 0.377 e. The van der Waals surface area contributed by atoms with E-state index < -0.39 is 15.7 Å². The Kier molecular flexibility index (Phi) is 2.97. The number of benzene rings is 1. The summed E-state index contributed by atoms with van der Waals surface area (Å²) in [4.78, 5) is 14.6. The molecule has 0 N–H and O–H groups in total. The fourth-order valence-electron chi connectivity index (χ4n) is 4.05. The molecule has 2 aliphatic heterocycles. The van der Waals surface area contributed by atoms with Gasteiger partial charge in [-0.2, -0.15) is 8.42 Å². The molecule has 120 valence electrons. The van der Waals surface area contributed by atoms with Crippen LogP contribution in [0.4, 0.5) is 0 Å². The third-order valence-corrected chi connectivity index (χ3v) is 5.35. The van der Waals surface area contributed by atoms with Gasteiger partial charge < -0.3 is 9.08 Å². The molecule has 3 aliphatic rings. The molecule has 0 unspecified atom stereocenters. The number of rotatable bonds is 2. The normalized spacial score (nSPS) is 26.0. The maximum Gasteiger partial charge on any atom is 0.306 e. The van der Waals surface area contributed by atoms with Gasteiger partial charge in [-0.05, 0) is 30.4 Å². The minimum Gasteiger partial charge on any atom is -0.377 e. The number of hydrogen-bond donors (Lipinski definition) is 0. The van der Waals surface area contributed by atoms with E-state index >= 15 is 0 Å². The van der Waals surface area contributed by atoms with E-state index in [1.54, 1.807) is 4.90 Å². The quantitative estimate of drug-likeness (QED) is 0.613. The maximum atomic E-state index is 12.8. The highest BCUT2D eigenvalue weighted by Gasteiger charge is 2.56. The lowest BCUT2D eigenvalue weighted by Crippen LogP contribution is -2.50. The van der Waals surface area contributed by atoms with E-state index in [2.05, 4.69) is 12.1 Å². The number of amides is 1. The Bertz CT molecular complexity index is 868. The van der Waals surface area contributed by atoms with Gasteiger partial charge in [-0.3, -0.25) is 4.79 Å². The minimum absolute atomic E-state index is 0.00597. The Labute approximate surface area is 135 Å². The summed E-state index contributed by atoms with van der Waals surface area (Å²) in [5.74, 6) is -0.322. The van der Waals surface area contributed by atoms with Crippen molar-refractivity contribution in [2.24, 2.45) is 0 Å². The Morgan fingerprint density at radius 3 is 2.78 bits per heavy atom. The molecule has 0 fully saturated rings. The molecule has 1 aliphatic carbocycles. The standard InChI is InChI=1S/C17H17NO4S/c1-23(20,21)22-15-14-8-4-5-10-17(14)13-7-3-2-6-12(13)9-11-18(17)16(15)19/h2-7H,8-11H2,1H3/t17-/m1/s1. The summed E-state index contributed by atoms with van der Waals surface area (Å²) >= 11 is 0. The number of hydrogen-bond acceptors (Lipinski definition) is 4. The Morgan fingerprint density at radius 2 is 2.00 bits per heavy atom. The fraction of sp³-hybridized carbons (Fsp3) is 0.353. The highest BCUT2D eigenvalue weighted by atomic mass is 32.2. The van der Waals surface area contributed by atoms with Gasteiger partial charge >= 0.3 is 10.1 Å². The van der Waals surface area contributed by atoms with Crippen LogP contribution in [0.25, 0.3) is 0 Å². The van der Waals surface area contributed by atoms with Crippen LogP contribution >= 0.6 is 0 Å². The van der Waals surface area contributed by atoms with Gasteiger partial charge in [0.25, 0.3) is 5.91 Å². The highest BCUT2D eigenvalue weighted by molar-refractivity contribution is 7.86. The second-order valence-electron chi connectivity index (χ2n) is 6.20. The van der Waals surface area contributed by atoms with Crippen LogP contribution in [-0.4, -0.2) is 32.0 Å². The van der Waals surface area contributed by atoms with Gasteiger partial charge in [0.15, 0.2) is 0 Å². The molecule has 4 rings (SSSR count). The van der Waals surface area contributed by atoms with Gasteiger partial charge in [0.05, 0.1) is 11.8 Å². The molecular formula is C17H17NO4S. The van der Waals surface area contributed by atoms with Crippen LogP contribution in [0, 0.1) is 0 Å². The zero-order chi connectivity index (χ0) is 16.2. The Balaban J connectivity index is 1.98. The predicted molar refractivity (Wildman–Crippen MR) is 84.9 cm³/mol. The molecule has 5 nitrogen and oxygen atoms in total. The lowest BCUT2D eigenvalue weighted by molar-refractivity contribution is -0.132. The fourth-order valence-corrected chi connectivity index (χ4v) is 4.52. The first-order chi connectivity index (χ1) is 10.9. The molecule has 0 bridgehead atoms. The van der Waals surface area contributed by atoms with Crippen molar-refractivity contribution in [1.29, 1.82) is 0 Å². The summed E-state index contributed by atoms with van der Waals surface area (Å²) in [5.41, 5.74) is 2.49. The predicted octanol–water partition coefficient (Wildman–Crippen LogP) is 1.86. The first kappa shape index (κ1) is 14.5. The van der Waals surface area contributed by atoms with Crippen molar-refractivity contribution >= 4 is 16.0 Å². The third-order valence-electron chi connectivity index (χ3n) is 4.88. The zero-order valence-electron chi connectivity index (χ0n) is 12.8. The van der Waals surface area contributed by atoms with Crippen LogP contribution in [0.2, 0.25) is 0 Å². The molecule has 0 aromatic heterocycles. The first-order valence-electron chi connectivity index (χ1n) is 7.62. The molecule has 2 heterocycles. The summed E-state index contributed by atoms with van der Waals surface area (Å²) < 4.78 is 28.3. The van der Waals surface area contributed by atoms with Gasteiger partial charge in [0.2, 0.25) is 5.76 Å². The molecule has 23 heavy (non-hydrogen) atoms. The lowest BCUT2D eigenvalue weighted by Gasteiger charge is -2.46. The number of fused-ring (bicyclic) bond motifs is 1. The SMILES string of the molecule is CS(=O)(=O)OC1=C2CC=CC[C@@]23c2ccccc2CCN3C1=O. The van der Waals surface area contributed by atoms with Gasteiger partial charge in [-0.1, -0.05) is 36.4 Å². The van der Waals surface area contributed by atoms with Gasteiger partial charge in [0.1, 0.15) is 0 Å². The number of carbonyl (C=O) groups is 1. The summed E-state index contributed by atoms with van der Waals surface area (Å²) in [6.45, 7) is 0.573. The van der Waals surface area contributed by atoms with Crippen molar-refractivity contribution in [1.82, 2.24) is 4.90 Å². The third kappa shape index (κ3) is 1.97. The topological polar surface area (TPSA) is 63.7 Å². The summed E-state index contributed by atoms with van der Waals surface area (Å²) in [5, 5.41) is 0. The van der Waals surface area contributed by atoms with Crippen molar-refractivity contribution < 1.29 is 17.4 Å². The highest BCUT2D eigenvalue weighted by Crippen LogP contribution is 2.53. The van der Waals surface area contributed by atoms with Crippen molar-refractivity contribution in [3.8, 4) is 0 Å². The van der Waals surface area contributed by atoms with Gasteiger partial charge in [0, 0.05) is 12.1 Å². The van der Waals surface area contributed by atoms with Crippen molar-refractivity contribution in [3.63, 3.8) is 0 Å². The number of nitrogens with zero attached hydrogens (tertiary/aromatic N) is 1. The smallest absolute Gasteiger partial charge is 0.306 e. The molecule has 1 atom stereocenters. The van der Waals surface area contributed by atoms with E-state index in [1.165, 1.54) is 5.56 Å². The minimum atomic E-state index is -3.74. The van der Waals surface area contributed by atoms with Crippen molar-refractivity contribution in [3.05, 3.63) is 58.9 Å². The van der Waals surface area contributed by atoms with Crippen LogP contribution in [-0.2, 0) is 31.1 Å². The van der Waals surface area contributed by atoms with Crippen LogP contribution in [0.1, 0.15) is 24.0 Å². The summed E-state index contributed by atoms with van der Waals surface area (Å²) in [6, 6.07) is 8.08. The second-order valence-corrected chi connectivity index (χ2v) is 7.77. The van der Waals surface area contributed by atoms with Gasteiger partial charge in [-0.25, -0.2) is 0 Å². The van der Waals surface area contributed by atoms with Gasteiger partial charge in [-0.15, -0.1) is 0 Å². The number of carbonyl (C=O) groups excluding carboxylic acids is 1. The summed E-state index contributed by atoms with van der Waals surface area (Å²) in [6.07, 6.45) is 6.97. The van der Waals surface area contributed by atoms with Crippen LogP contribution in [0.5, 0.6) is 0 Å². The zero-order valence-corrected chi connectivity index (χ0v) is 13.6. The lowest BCUT2D eigenvalue weighted by atomic mass is 9.72. The molecule has 1 amide bonds. The molecule has 1 aromatic carbocycles. The van der Waals surface area contributed by atoms with E-state index in [4.69, 9.17) is 4.18 Å². The van der Waals surface area contributed by atoms with E-state index in [9.17, 15) is 13.2 Å². The van der Waals surface area contributed by atoms with E-state index in [0.29, 0.717) is 19.4 Å². The average molecular weight is 331 g/mol.